The number of nitrogens with zero attached hydrogens (tertiary/aromatic N) is 5. The molecule has 2 aromatic heterocycles. The number of hydrogen-bond acceptors (Lipinski definition) is 5. The lowest BCUT2D eigenvalue weighted by Crippen LogP contribution is -2.19. The van der Waals surface area contributed by atoms with Crippen molar-refractivity contribution in [2.75, 3.05) is 0 Å². The lowest BCUT2D eigenvalue weighted by Gasteiger charge is -2.09. The van der Waals surface area contributed by atoms with Gasteiger partial charge in [0.05, 0.1) is 28.7 Å². The SMILES string of the molecule is O=c1c2ccccc2nc(N=Nc2c(O)n(Cc3ccccc3)c3ccc(Br)cc23)n1-c1ccccc1. The lowest BCUT2D eigenvalue weighted by molar-refractivity contribution is 0.429. The van der Waals surface area contributed by atoms with Crippen LogP contribution in [0.1, 0.15) is 5.56 Å². The van der Waals surface area contributed by atoms with Gasteiger partial charge in [0.1, 0.15) is 0 Å². The first kappa shape index (κ1) is 22.9. The Morgan fingerprint density at radius 1 is 0.811 bits per heavy atom. The van der Waals surface area contributed by atoms with Gasteiger partial charge in [0.15, 0.2) is 5.69 Å². The third kappa shape index (κ3) is 4.21. The fraction of sp³-hybridized carbons (Fsp3) is 0.0345. The summed E-state index contributed by atoms with van der Waals surface area (Å²) in [6.07, 6.45) is 0. The molecule has 7 nitrogen and oxygen atoms in total. The van der Waals surface area contributed by atoms with Crippen molar-refractivity contribution in [1.29, 1.82) is 0 Å². The summed E-state index contributed by atoms with van der Waals surface area (Å²) in [5.41, 5.74) is 3.05. The molecule has 8 heteroatoms. The van der Waals surface area contributed by atoms with E-state index in [0.29, 0.717) is 28.8 Å². The maximum absolute atomic E-state index is 13.5. The summed E-state index contributed by atoms with van der Waals surface area (Å²) < 4.78 is 4.07. The van der Waals surface area contributed by atoms with Crippen molar-refractivity contribution >= 4 is 49.4 Å². The van der Waals surface area contributed by atoms with Crippen LogP contribution in [0.3, 0.4) is 0 Å². The average molecular weight is 550 g/mol. The van der Waals surface area contributed by atoms with Crippen LogP contribution in [0.15, 0.2) is 123 Å². The third-order valence-corrected chi connectivity index (χ3v) is 6.66. The molecule has 37 heavy (non-hydrogen) atoms. The summed E-state index contributed by atoms with van der Waals surface area (Å²) in [5.74, 6) is 0.100. The van der Waals surface area contributed by atoms with Gasteiger partial charge in [-0.2, -0.15) is 0 Å². The quantitative estimate of drug-likeness (QED) is 0.229. The summed E-state index contributed by atoms with van der Waals surface area (Å²) in [4.78, 5) is 18.1. The number of rotatable bonds is 5. The molecule has 0 spiro atoms. The van der Waals surface area contributed by atoms with Gasteiger partial charge >= 0.3 is 0 Å². The largest absolute Gasteiger partial charge is 0.493 e. The molecular formula is C29H20BrN5O2. The molecule has 0 saturated carbocycles. The van der Waals surface area contributed by atoms with Gasteiger partial charge < -0.3 is 9.67 Å². The predicted octanol–water partition coefficient (Wildman–Crippen LogP) is 7.27. The molecule has 0 amide bonds. The Morgan fingerprint density at radius 2 is 1.51 bits per heavy atom. The van der Waals surface area contributed by atoms with Gasteiger partial charge in [-0.05, 0) is 48.0 Å². The summed E-state index contributed by atoms with van der Waals surface area (Å²) in [7, 11) is 0. The Hall–Kier alpha value is -4.56. The highest BCUT2D eigenvalue weighted by molar-refractivity contribution is 9.10. The lowest BCUT2D eigenvalue weighted by atomic mass is 10.2. The van der Waals surface area contributed by atoms with Crippen LogP contribution in [0.25, 0.3) is 27.5 Å². The molecule has 0 fully saturated rings. The topological polar surface area (TPSA) is 84.8 Å². The van der Waals surface area contributed by atoms with Gasteiger partial charge in [-0.25, -0.2) is 9.55 Å². The highest BCUT2D eigenvalue weighted by Crippen LogP contribution is 2.41. The highest BCUT2D eigenvalue weighted by Gasteiger charge is 2.18. The van der Waals surface area contributed by atoms with Crippen molar-refractivity contribution in [3.8, 4) is 11.6 Å². The molecule has 2 heterocycles. The van der Waals surface area contributed by atoms with E-state index in [9.17, 15) is 9.90 Å². The molecule has 0 bridgehead atoms. The van der Waals surface area contributed by atoms with E-state index in [-0.39, 0.29) is 17.4 Å². The van der Waals surface area contributed by atoms with E-state index in [4.69, 9.17) is 0 Å². The Labute approximate surface area is 220 Å². The van der Waals surface area contributed by atoms with Crippen molar-refractivity contribution in [2.45, 2.75) is 6.54 Å². The molecule has 1 N–H and O–H groups in total. The number of para-hydroxylation sites is 2. The molecule has 180 valence electrons. The third-order valence-electron chi connectivity index (χ3n) is 6.17. The van der Waals surface area contributed by atoms with Crippen LogP contribution < -0.4 is 5.56 Å². The maximum atomic E-state index is 13.5. The number of fused-ring (bicyclic) bond motifs is 2. The van der Waals surface area contributed by atoms with Gasteiger partial charge in [-0.1, -0.05) is 76.6 Å². The predicted molar refractivity (Wildman–Crippen MR) is 148 cm³/mol. The van der Waals surface area contributed by atoms with Crippen LogP contribution in [-0.4, -0.2) is 19.2 Å². The molecule has 4 aromatic carbocycles. The second-order valence-corrected chi connectivity index (χ2v) is 9.43. The summed E-state index contributed by atoms with van der Waals surface area (Å²) in [5, 5.41) is 21.3. The Balaban J connectivity index is 1.54. The van der Waals surface area contributed by atoms with E-state index in [2.05, 4.69) is 31.1 Å². The summed E-state index contributed by atoms with van der Waals surface area (Å²) in [6, 6.07) is 32.0. The standard InChI is InChI=1S/C29H20BrN5O2/c30-20-15-16-25-23(17-20)26(28(37)34(25)18-19-9-3-1-4-10-19)32-33-29-31-24-14-8-7-13-22(24)27(36)35(29)21-11-5-2-6-12-21/h1-17,37H,18H2. The molecule has 6 rings (SSSR count). The zero-order chi connectivity index (χ0) is 25.4. The number of aromatic nitrogens is 3. The van der Waals surface area contributed by atoms with Crippen LogP contribution >= 0.6 is 15.9 Å². The van der Waals surface area contributed by atoms with E-state index in [1.165, 1.54) is 4.57 Å². The van der Waals surface area contributed by atoms with Crippen molar-refractivity contribution < 1.29 is 5.11 Å². The van der Waals surface area contributed by atoms with Crippen molar-refractivity contribution in [1.82, 2.24) is 14.1 Å². The Morgan fingerprint density at radius 3 is 2.30 bits per heavy atom. The fourth-order valence-electron chi connectivity index (χ4n) is 4.41. The first-order valence-corrected chi connectivity index (χ1v) is 12.4. The monoisotopic (exact) mass is 549 g/mol. The van der Waals surface area contributed by atoms with Gasteiger partial charge in [0.2, 0.25) is 5.88 Å². The van der Waals surface area contributed by atoms with Gasteiger partial charge in [-0.15, -0.1) is 10.2 Å². The van der Waals surface area contributed by atoms with Crippen LogP contribution in [0.5, 0.6) is 5.88 Å². The van der Waals surface area contributed by atoms with Crippen molar-refractivity contribution in [3.63, 3.8) is 0 Å². The smallest absolute Gasteiger partial charge is 0.267 e. The average Bonchev–Trinajstić information content (AvgIpc) is 3.18. The second kappa shape index (κ2) is 9.48. The van der Waals surface area contributed by atoms with E-state index >= 15 is 0 Å². The summed E-state index contributed by atoms with van der Waals surface area (Å²) >= 11 is 3.52. The van der Waals surface area contributed by atoms with Crippen LogP contribution in [0.4, 0.5) is 11.6 Å². The minimum atomic E-state index is -0.246. The maximum Gasteiger partial charge on any atom is 0.267 e. The number of halogens is 1. The van der Waals surface area contributed by atoms with Crippen LogP contribution in [0.2, 0.25) is 0 Å². The normalized spacial score (nSPS) is 11.6. The van der Waals surface area contributed by atoms with Crippen molar-refractivity contribution in [3.05, 3.63) is 124 Å². The Kier molecular flexibility index (Phi) is 5.86. The van der Waals surface area contributed by atoms with Gasteiger partial charge in [-0.3, -0.25) is 4.79 Å². The van der Waals surface area contributed by atoms with E-state index in [1.54, 1.807) is 22.8 Å². The van der Waals surface area contributed by atoms with Crippen LogP contribution in [0, 0.1) is 0 Å². The first-order chi connectivity index (χ1) is 18.1. The molecule has 0 aliphatic rings. The molecule has 0 atom stereocenters. The van der Waals surface area contributed by atoms with E-state index in [0.717, 1.165) is 20.9 Å². The minimum Gasteiger partial charge on any atom is -0.493 e. The van der Waals surface area contributed by atoms with E-state index < -0.39 is 0 Å². The van der Waals surface area contributed by atoms with Crippen LogP contribution in [-0.2, 0) is 6.54 Å². The molecule has 0 radical (unpaired) electrons. The molecule has 0 aliphatic heterocycles. The molecule has 0 unspecified atom stereocenters. The second-order valence-electron chi connectivity index (χ2n) is 8.51. The molecule has 0 aliphatic carbocycles. The number of azo groups is 1. The Bertz CT molecular complexity index is 1840. The van der Waals surface area contributed by atoms with Gasteiger partial charge in [0.25, 0.3) is 11.5 Å². The number of aromatic hydroxyl groups is 1. The zero-order valence-electron chi connectivity index (χ0n) is 19.5. The number of hydrogen-bond donors (Lipinski definition) is 1. The minimum absolute atomic E-state index is 0.0184. The molecular weight excluding hydrogens is 530 g/mol. The highest BCUT2D eigenvalue weighted by atomic mass is 79.9. The molecule has 6 aromatic rings. The van der Waals surface area contributed by atoms with Gasteiger partial charge in [0, 0.05) is 9.86 Å². The fourth-order valence-corrected chi connectivity index (χ4v) is 4.77. The molecule has 0 saturated heterocycles. The zero-order valence-corrected chi connectivity index (χ0v) is 21.1. The van der Waals surface area contributed by atoms with E-state index in [1.807, 2.05) is 84.9 Å². The number of benzene rings is 4. The van der Waals surface area contributed by atoms with Crippen molar-refractivity contribution in [2.24, 2.45) is 10.2 Å². The summed E-state index contributed by atoms with van der Waals surface area (Å²) in [6.45, 7) is 0.462. The first-order valence-electron chi connectivity index (χ1n) is 11.6.